The molecule has 1 fully saturated rings. The summed E-state index contributed by atoms with van der Waals surface area (Å²) in [5.74, 6) is 0.837. The molecule has 2 aliphatic heterocycles. The van der Waals surface area contributed by atoms with Gasteiger partial charge in [0.2, 0.25) is 0 Å². The molecule has 2 aromatic heterocycles. The molecule has 2 aromatic carbocycles. The Morgan fingerprint density at radius 1 is 1.11 bits per heavy atom. The number of hydrogen-bond donors (Lipinski definition) is 1. The maximum Gasteiger partial charge on any atom is 0.144 e. The molecule has 1 unspecified atom stereocenters. The van der Waals surface area contributed by atoms with E-state index in [0.29, 0.717) is 23.1 Å². The molecule has 1 saturated heterocycles. The van der Waals surface area contributed by atoms with Crippen molar-refractivity contribution in [1.29, 1.82) is 0 Å². The van der Waals surface area contributed by atoms with Crippen LogP contribution in [0.25, 0.3) is 10.9 Å². The number of rotatable bonds is 6. The first kappa shape index (κ1) is 25.4. The maximum absolute atomic E-state index is 6.58. The minimum absolute atomic E-state index is 0.164. The van der Waals surface area contributed by atoms with Gasteiger partial charge in [-0.2, -0.15) is 0 Å². The summed E-state index contributed by atoms with van der Waals surface area (Å²) in [5.41, 5.74) is 5.14. The zero-order valence-corrected chi connectivity index (χ0v) is 23.1. The van der Waals surface area contributed by atoms with Crippen molar-refractivity contribution in [3.8, 4) is 5.75 Å². The van der Waals surface area contributed by atoms with Crippen LogP contribution in [0.2, 0.25) is 5.02 Å². The van der Waals surface area contributed by atoms with Gasteiger partial charge in [-0.15, -0.1) is 0 Å². The lowest BCUT2D eigenvalue weighted by Crippen LogP contribution is -2.35. The predicted octanol–water partition coefficient (Wildman–Crippen LogP) is 5.85. The Bertz CT molecular complexity index is 1540. The number of morpholine rings is 1. The van der Waals surface area contributed by atoms with Crippen molar-refractivity contribution in [2.24, 2.45) is 0 Å². The van der Waals surface area contributed by atoms with E-state index in [1.807, 2.05) is 36.5 Å². The zero-order chi connectivity index (χ0) is 26.1. The third kappa shape index (κ3) is 5.32. The lowest BCUT2D eigenvalue weighted by atomic mass is 10.0. The Hall–Kier alpha value is -2.88. The number of halogens is 1. The van der Waals surface area contributed by atoms with Gasteiger partial charge in [-0.25, -0.2) is 0 Å². The molecule has 1 atom stereocenters. The van der Waals surface area contributed by atoms with Crippen LogP contribution in [-0.2, 0) is 24.4 Å². The second-order valence-corrected chi connectivity index (χ2v) is 10.9. The van der Waals surface area contributed by atoms with Crippen molar-refractivity contribution in [3.63, 3.8) is 0 Å². The normalized spacial score (nSPS) is 17.2. The minimum atomic E-state index is -0.164. The van der Waals surface area contributed by atoms with Crippen LogP contribution in [0.3, 0.4) is 0 Å². The van der Waals surface area contributed by atoms with Gasteiger partial charge in [0.15, 0.2) is 0 Å². The number of ether oxygens (including phenoxy) is 2. The van der Waals surface area contributed by atoms with Crippen LogP contribution in [-0.4, -0.2) is 45.7 Å². The Morgan fingerprint density at radius 3 is 2.68 bits per heavy atom. The van der Waals surface area contributed by atoms with E-state index in [1.165, 1.54) is 0 Å². The highest BCUT2D eigenvalue weighted by Gasteiger charge is 2.26. The third-order valence-electron chi connectivity index (χ3n) is 7.00. The van der Waals surface area contributed by atoms with Gasteiger partial charge in [0.25, 0.3) is 0 Å². The van der Waals surface area contributed by atoms with E-state index in [-0.39, 0.29) is 6.10 Å². The highest BCUT2D eigenvalue weighted by molar-refractivity contribution is 7.80. The fourth-order valence-corrected chi connectivity index (χ4v) is 5.78. The van der Waals surface area contributed by atoms with E-state index in [4.69, 9.17) is 45.5 Å². The van der Waals surface area contributed by atoms with Crippen LogP contribution in [0.4, 0.5) is 0 Å². The fourth-order valence-electron chi connectivity index (χ4n) is 5.05. The summed E-state index contributed by atoms with van der Waals surface area (Å²) in [5, 5.41) is 5.09. The van der Waals surface area contributed by atoms with Crippen LogP contribution in [0.15, 0.2) is 67.1 Å². The molecule has 6 nitrogen and oxygen atoms in total. The molecule has 6 rings (SSSR count). The average Bonchev–Trinajstić information content (AvgIpc) is 2.95. The summed E-state index contributed by atoms with van der Waals surface area (Å²) in [7, 11) is 0. The van der Waals surface area contributed by atoms with Gasteiger partial charge in [0.1, 0.15) is 16.8 Å². The molecule has 0 saturated carbocycles. The number of hydrogen-bond acceptors (Lipinski definition) is 6. The number of nitrogens with zero attached hydrogens (tertiary/aromatic N) is 3. The molecule has 9 heteroatoms. The number of benzene rings is 2. The first-order valence-corrected chi connectivity index (χ1v) is 13.8. The van der Waals surface area contributed by atoms with Gasteiger partial charge in [-0.05, 0) is 41.5 Å². The summed E-state index contributed by atoms with van der Waals surface area (Å²) in [6, 6.07) is 16.1. The first-order chi connectivity index (χ1) is 18.5. The average molecular weight is 563 g/mol. The fraction of sp³-hybridized carbons (Fsp3) is 0.276. The monoisotopic (exact) mass is 562 g/mol. The van der Waals surface area contributed by atoms with Crippen molar-refractivity contribution < 1.29 is 9.47 Å². The lowest BCUT2D eigenvalue weighted by Gasteiger charge is -2.31. The molecule has 4 heterocycles. The van der Waals surface area contributed by atoms with Crippen LogP contribution < -0.4 is 10.1 Å². The number of thiocarbonyl (C=S) groups is 1. The van der Waals surface area contributed by atoms with Gasteiger partial charge in [0.05, 0.1) is 29.8 Å². The number of nitrogens with one attached hydrogen (secondary N) is 1. The van der Waals surface area contributed by atoms with Crippen molar-refractivity contribution >= 4 is 51.9 Å². The quantitative estimate of drug-likeness (QED) is 0.296. The third-order valence-corrected chi connectivity index (χ3v) is 8.06. The summed E-state index contributed by atoms with van der Waals surface area (Å²) >= 11 is 17.9. The van der Waals surface area contributed by atoms with Crippen LogP contribution in [0.5, 0.6) is 5.75 Å². The Labute approximate surface area is 237 Å². The molecular weight excluding hydrogens is 536 g/mol. The SMILES string of the molecule is S=C(NCc1ccc(Cl)cc1)c1cn2c3c(cc(CN4CCOCC4)cc3c1=S)OC(c1cccnc1)C2. The number of pyridine rings is 2. The minimum Gasteiger partial charge on any atom is -0.482 e. The van der Waals surface area contributed by atoms with E-state index >= 15 is 0 Å². The van der Waals surface area contributed by atoms with E-state index in [1.54, 1.807) is 6.20 Å². The zero-order valence-electron chi connectivity index (χ0n) is 20.7. The second-order valence-electron chi connectivity index (χ2n) is 9.60. The summed E-state index contributed by atoms with van der Waals surface area (Å²) < 4.78 is 15.1. The van der Waals surface area contributed by atoms with Gasteiger partial charge >= 0.3 is 0 Å². The van der Waals surface area contributed by atoms with Crippen LogP contribution in [0, 0.1) is 4.51 Å². The molecular formula is C29H27ClN4O2S2. The maximum atomic E-state index is 6.58. The van der Waals surface area contributed by atoms with Crippen molar-refractivity contribution in [3.05, 3.63) is 98.9 Å². The standard InChI is InChI=1S/C29H27ClN4O2S2/c30-22-5-3-19(4-6-22)14-32-29(38)24-17-34-18-26(21-2-1-7-31-15-21)36-25-13-20(12-23(27(25)34)28(24)37)16-33-8-10-35-11-9-33/h1-7,12-13,15,17,26H,8-11,14,16,18H2,(H,32,38). The second kappa shape index (κ2) is 11.1. The molecule has 0 amide bonds. The molecule has 1 N–H and O–H groups in total. The molecule has 38 heavy (non-hydrogen) atoms. The summed E-state index contributed by atoms with van der Waals surface area (Å²) in [6.07, 6.45) is 5.55. The topological polar surface area (TPSA) is 51.6 Å². The highest BCUT2D eigenvalue weighted by Crippen LogP contribution is 2.38. The number of aromatic nitrogens is 2. The molecule has 0 aliphatic carbocycles. The van der Waals surface area contributed by atoms with Crippen molar-refractivity contribution in [1.82, 2.24) is 19.8 Å². The Balaban J connectivity index is 1.38. The van der Waals surface area contributed by atoms with Crippen LogP contribution in [0.1, 0.15) is 28.4 Å². The molecule has 194 valence electrons. The van der Waals surface area contributed by atoms with E-state index in [9.17, 15) is 0 Å². The van der Waals surface area contributed by atoms with Gasteiger partial charge < -0.3 is 19.4 Å². The van der Waals surface area contributed by atoms with Gasteiger partial charge in [0, 0.05) is 66.3 Å². The van der Waals surface area contributed by atoms with Crippen molar-refractivity contribution in [2.45, 2.75) is 25.7 Å². The van der Waals surface area contributed by atoms with E-state index in [0.717, 1.165) is 76.3 Å². The van der Waals surface area contributed by atoms with Gasteiger partial charge in [-0.1, -0.05) is 54.2 Å². The largest absolute Gasteiger partial charge is 0.482 e. The Morgan fingerprint density at radius 2 is 1.92 bits per heavy atom. The lowest BCUT2D eigenvalue weighted by molar-refractivity contribution is 0.0341. The predicted molar refractivity (Wildman–Crippen MR) is 156 cm³/mol. The smallest absolute Gasteiger partial charge is 0.144 e. The molecule has 0 spiro atoms. The summed E-state index contributed by atoms with van der Waals surface area (Å²) in [6.45, 7) is 5.37. The first-order valence-electron chi connectivity index (χ1n) is 12.6. The molecule has 0 bridgehead atoms. The van der Waals surface area contributed by atoms with Crippen LogP contribution >= 0.6 is 36.0 Å². The summed E-state index contributed by atoms with van der Waals surface area (Å²) in [4.78, 5) is 7.34. The molecule has 4 aromatic rings. The van der Waals surface area contributed by atoms with E-state index in [2.05, 4.69) is 44.2 Å². The highest BCUT2D eigenvalue weighted by atomic mass is 35.5. The Kier molecular flexibility index (Phi) is 7.41. The van der Waals surface area contributed by atoms with Crippen molar-refractivity contribution in [2.75, 3.05) is 26.3 Å². The molecule has 0 radical (unpaired) electrons. The molecule has 2 aliphatic rings. The van der Waals surface area contributed by atoms with E-state index < -0.39 is 0 Å². The van der Waals surface area contributed by atoms with Gasteiger partial charge in [-0.3, -0.25) is 9.88 Å².